The van der Waals surface area contributed by atoms with Gasteiger partial charge in [0.2, 0.25) is 0 Å². The van der Waals surface area contributed by atoms with Crippen molar-refractivity contribution >= 4 is 28.4 Å². The molecule has 2 amide bonds. The molecule has 5 heteroatoms. The van der Waals surface area contributed by atoms with E-state index in [1.165, 1.54) is 0 Å². The molecule has 152 valence electrons. The van der Waals surface area contributed by atoms with Gasteiger partial charge < -0.3 is 14.8 Å². The quantitative estimate of drug-likeness (QED) is 0.614. The third-order valence-electron chi connectivity index (χ3n) is 5.04. The van der Waals surface area contributed by atoms with Crippen molar-refractivity contribution in [3.63, 3.8) is 0 Å². The number of hydrogen-bond acceptors (Lipinski definition) is 2. The molecular formula is C24H29N3O2. The Labute approximate surface area is 172 Å². The van der Waals surface area contributed by atoms with Crippen molar-refractivity contribution in [2.75, 3.05) is 18.4 Å². The number of benzene rings is 2. The summed E-state index contributed by atoms with van der Waals surface area (Å²) < 4.78 is 2.14. The third kappa shape index (κ3) is 4.50. The van der Waals surface area contributed by atoms with Crippen molar-refractivity contribution < 1.29 is 9.59 Å². The summed E-state index contributed by atoms with van der Waals surface area (Å²) in [4.78, 5) is 27.2. The zero-order valence-electron chi connectivity index (χ0n) is 17.6. The van der Waals surface area contributed by atoms with Crippen LogP contribution in [0.4, 0.5) is 5.69 Å². The number of amides is 2. The first-order valence-corrected chi connectivity index (χ1v) is 10.2. The standard InChI is InChI=1S/C24H29N3O2/c1-5-26(6-2)24(29)18-11-13-19(14-12-18)25-23(28)21-16-27(15-17(3)4)22-10-8-7-9-20(21)22/h7-14,16-17H,5-6,15H2,1-4H3,(H,25,28). The van der Waals surface area contributed by atoms with E-state index in [0.717, 1.165) is 17.4 Å². The van der Waals surface area contributed by atoms with E-state index in [2.05, 4.69) is 23.7 Å². The SMILES string of the molecule is CCN(CC)C(=O)c1ccc(NC(=O)c2cn(CC(C)C)c3ccccc23)cc1. The summed E-state index contributed by atoms with van der Waals surface area (Å²) in [6.07, 6.45) is 1.93. The van der Waals surface area contributed by atoms with Crippen molar-refractivity contribution in [3.05, 3.63) is 65.9 Å². The number of hydrogen-bond donors (Lipinski definition) is 1. The highest BCUT2D eigenvalue weighted by Gasteiger charge is 2.16. The number of carbonyl (C=O) groups is 2. The number of nitrogens with one attached hydrogen (secondary N) is 1. The van der Waals surface area contributed by atoms with Gasteiger partial charge in [0, 0.05) is 48.0 Å². The fraction of sp³-hybridized carbons (Fsp3) is 0.333. The molecule has 0 atom stereocenters. The lowest BCUT2D eigenvalue weighted by Crippen LogP contribution is -2.30. The van der Waals surface area contributed by atoms with Crippen LogP contribution in [0.3, 0.4) is 0 Å². The van der Waals surface area contributed by atoms with Gasteiger partial charge in [0.25, 0.3) is 11.8 Å². The lowest BCUT2D eigenvalue weighted by molar-refractivity contribution is 0.0773. The first kappa shape index (κ1) is 20.6. The number of anilines is 1. The molecule has 3 aromatic rings. The molecular weight excluding hydrogens is 362 g/mol. The number of rotatable bonds is 7. The molecule has 1 aromatic heterocycles. The fourth-order valence-corrected chi connectivity index (χ4v) is 3.56. The second kappa shape index (κ2) is 8.95. The van der Waals surface area contributed by atoms with E-state index in [0.29, 0.717) is 35.8 Å². The molecule has 1 heterocycles. The molecule has 0 radical (unpaired) electrons. The van der Waals surface area contributed by atoms with E-state index in [1.54, 1.807) is 29.2 Å². The Bertz CT molecular complexity index is 999. The van der Waals surface area contributed by atoms with Crippen molar-refractivity contribution in [2.24, 2.45) is 5.92 Å². The van der Waals surface area contributed by atoms with Crippen LogP contribution in [0.15, 0.2) is 54.7 Å². The number of aromatic nitrogens is 1. The minimum atomic E-state index is -0.147. The Morgan fingerprint density at radius 3 is 2.28 bits per heavy atom. The summed E-state index contributed by atoms with van der Waals surface area (Å²) in [6, 6.07) is 15.1. The molecule has 0 unspecified atom stereocenters. The maximum absolute atomic E-state index is 12.9. The van der Waals surface area contributed by atoms with Gasteiger partial charge in [-0.15, -0.1) is 0 Å². The lowest BCUT2D eigenvalue weighted by atomic mass is 10.1. The lowest BCUT2D eigenvalue weighted by Gasteiger charge is -2.18. The highest BCUT2D eigenvalue weighted by atomic mass is 16.2. The molecule has 0 aliphatic rings. The van der Waals surface area contributed by atoms with Gasteiger partial charge in [-0.05, 0) is 50.1 Å². The Hall–Kier alpha value is -3.08. The van der Waals surface area contributed by atoms with Crippen LogP contribution >= 0.6 is 0 Å². The zero-order chi connectivity index (χ0) is 21.0. The van der Waals surface area contributed by atoms with Crippen LogP contribution in [0.2, 0.25) is 0 Å². The summed E-state index contributed by atoms with van der Waals surface area (Å²) in [5.41, 5.74) is 3.02. The highest BCUT2D eigenvalue weighted by Crippen LogP contribution is 2.23. The van der Waals surface area contributed by atoms with E-state index in [1.807, 2.05) is 44.3 Å². The maximum Gasteiger partial charge on any atom is 0.257 e. The maximum atomic E-state index is 12.9. The van der Waals surface area contributed by atoms with Gasteiger partial charge in [-0.2, -0.15) is 0 Å². The molecule has 1 N–H and O–H groups in total. The van der Waals surface area contributed by atoms with Crippen molar-refractivity contribution in [2.45, 2.75) is 34.2 Å². The Balaban J connectivity index is 1.81. The van der Waals surface area contributed by atoms with E-state index in [4.69, 9.17) is 0 Å². The molecule has 0 aliphatic carbocycles. The summed E-state index contributed by atoms with van der Waals surface area (Å²) in [5.74, 6) is 0.341. The van der Waals surface area contributed by atoms with E-state index in [9.17, 15) is 9.59 Å². The van der Waals surface area contributed by atoms with Crippen LogP contribution in [0.1, 0.15) is 48.4 Å². The van der Waals surface area contributed by atoms with E-state index in [-0.39, 0.29) is 11.8 Å². The number of para-hydroxylation sites is 1. The van der Waals surface area contributed by atoms with Crippen molar-refractivity contribution in [1.29, 1.82) is 0 Å². The smallest absolute Gasteiger partial charge is 0.257 e. The molecule has 0 spiro atoms. The number of fused-ring (bicyclic) bond motifs is 1. The largest absolute Gasteiger partial charge is 0.346 e. The average Bonchev–Trinajstić information content (AvgIpc) is 3.07. The summed E-state index contributed by atoms with van der Waals surface area (Å²) >= 11 is 0. The minimum Gasteiger partial charge on any atom is -0.346 e. The second-order valence-electron chi connectivity index (χ2n) is 7.62. The molecule has 0 saturated carbocycles. The molecule has 2 aromatic carbocycles. The predicted octanol–water partition coefficient (Wildman–Crippen LogP) is 5.03. The van der Waals surface area contributed by atoms with Gasteiger partial charge in [-0.3, -0.25) is 9.59 Å². The normalized spacial score (nSPS) is 11.1. The van der Waals surface area contributed by atoms with Crippen molar-refractivity contribution in [1.82, 2.24) is 9.47 Å². The van der Waals surface area contributed by atoms with E-state index < -0.39 is 0 Å². The average molecular weight is 392 g/mol. The Morgan fingerprint density at radius 1 is 1.00 bits per heavy atom. The molecule has 0 aliphatic heterocycles. The van der Waals surface area contributed by atoms with Crippen LogP contribution in [0, 0.1) is 5.92 Å². The minimum absolute atomic E-state index is 0.00429. The predicted molar refractivity (Wildman–Crippen MR) is 118 cm³/mol. The van der Waals surface area contributed by atoms with Gasteiger partial charge in [0.05, 0.1) is 5.56 Å². The highest BCUT2D eigenvalue weighted by molar-refractivity contribution is 6.13. The molecule has 0 saturated heterocycles. The van der Waals surface area contributed by atoms with Crippen LogP contribution in [-0.4, -0.2) is 34.4 Å². The summed E-state index contributed by atoms with van der Waals surface area (Å²) in [5, 5.41) is 3.91. The molecule has 0 bridgehead atoms. The molecule has 5 nitrogen and oxygen atoms in total. The van der Waals surface area contributed by atoms with Crippen LogP contribution < -0.4 is 5.32 Å². The monoisotopic (exact) mass is 391 g/mol. The molecule has 29 heavy (non-hydrogen) atoms. The molecule has 3 rings (SSSR count). The van der Waals surface area contributed by atoms with Gasteiger partial charge in [0.15, 0.2) is 0 Å². The van der Waals surface area contributed by atoms with E-state index >= 15 is 0 Å². The fourth-order valence-electron chi connectivity index (χ4n) is 3.56. The second-order valence-corrected chi connectivity index (χ2v) is 7.62. The van der Waals surface area contributed by atoms with Crippen molar-refractivity contribution in [3.8, 4) is 0 Å². The van der Waals surface area contributed by atoms with Crippen LogP contribution in [-0.2, 0) is 6.54 Å². The van der Waals surface area contributed by atoms with Gasteiger partial charge in [-0.1, -0.05) is 32.0 Å². The van der Waals surface area contributed by atoms with Gasteiger partial charge >= 0.3 is 0 Å². The number of nitrogens with zero attached hydrogens (tertiary/aromatic N) is 2. The topological polar surface area (TPSA) is 54.3 Å². The Morgan fingerprint density at radius 2 is 1.66 bits per heavy atom. The summed E-state index contributed by atoms with van der Waals surface area (Å²) in [7, 11) is 0. The van der Waals surface area contributed by atoms with Gasteiger partial charge in [0.1, 0.15) is 0 Å². The first-order valence-electron chi connectivity index (χ1n) is 10.2. The summed E-state index contributed by atoms with van der Waals surface area (Å²) in [6.45, 7) is 10.5. The third-order valence-corrected chi connectivity index (χ3v) is 5.04. The molecule has 0 fully saturated rings. The zero-order valence-corrected chi connectivity index (χ0v) is 17.6. The van der Waals surface area contributed by atoms with Gasteiger partial charge in [-0.25, -0.2) is 0 Å². The number of carbonyl (C=O) groups excluding carboxylic acids is 2. The van der Waals surface area contributed by atoms with Crippen LogP contribution in [0.25, 0.3) is 10.9 Å². The Kier molecular flexibility index (Phi) is 6.37. The van der Waals surface area contributed by atoms with Crippen LogP contribution in [0.5, 0.6) is 0 Å². The first-order chi connectivity index (χ1) is 13.9.